The molecule has 0 heterocycles. The smallest absolute Gasteiger partial charge is 0.210 e. The van der Waals surface area contributed by atoms with Gasteiger partial charge >= 0.3 is 0 Å². The van der Waals surface area contributed by atoms with E-state index in [4.69, 9.17) is 0 Å². The molecule has 0 bridgehead atoms. The van der Waals surface area contributed by atoms with Crippen LogP contribution in [0.1, 0.15) is 11.1 Å². The zero-order chi connectivity index (χ0) is 14.2. The molecular formula is C14H14O4S. The van der Waals surface area contributed by atoms with E-state index in [1.54, 1.807) is 26.0 Å². The highest BCUT2D eigenvalue weighted by molar-refractivity contribution is 7.91. The molecule has 0 saturated carbocycles. The van der Waals surface area contributed by atoms with Gasteiger partial charge in [0.1, 0.15) is 16.4 Å². The van der Waals surface area contributed by atoms with Gasteiger partial charge in [-0.2, -0.15) is 0 Å². The third-order valence-electron chi connectivity index (χ3n) is 2.87. The quantitative estimate of drug-likeness (QED) is 0.885. The Hall–Kier alpha value is -2.01. The van der Waals surface area contributed by atoms with Gasteiger partial charge in [-0.3, -0.25) is 0 Å². The van der Waals surface area contributed by atoms with Crippen molar-refractivity contribution in [2.45, 2.75) is 23.6 Å². The minimum Gasteiger partial charge on any atom is -0.508 e. The molecule has 0 atom stereocenters. The fraction of sp³-hybridized carbons (Fsp3) is 0.143. The number of hydrogen-bond acceptors (Lipinski definition) is 4. The van der Waals surface area contributed by atoms with E-state index < -0.39 is 9.84 Å². The van der Waals surface area contributed by atoms with Gasteiger partial charge in [0.2, 0.25) is 9.84 Å². The summed E-state index contributed by atoms with van der Waals surface area (Å²) in [6.45, 7) is 3.22. The topological polar surface area (TPSA) is 74.6 Å². The second-order valence-electron chi connectivity index (χ2n) is 4.38. The average molecular weight is 278 g/mol. The Kier molecular flexibility index (Phi) is 3.24. The number of aryl methyl sites for hydroxylation is 2. The Morgan fingerprint density at radius 1 is 0.947 bits per heavy atom. The van der Waals surface area contributed by atoms with E-state index in [0.717, 1.165) is 0 Å². The van der Waals surface area contributed by atoms with Crippen molar-refractivity contribution in [3.05, 3.63) is 47.5 Å². The van der Waals surface area contributed by atoms with Crippen LogP contribution in [0.4, 0.5) is 0 Å². The number of rotatable bonds is 2. The SMILES string of the molecule is Cc1cc(O)cc(C)c1S(=O)(=O)c1ccccc1O. The molecule has 100 valence electrons. The van der Waals surface area contributed by atoms with Crippen LogP contribution in [0.3, 0.4) is 0 Å². The van der Waals surface area contributed by atoms with Gasteiger partial charge in [0, 0.05) is 0 Å². The third-order valence-corrected chi connectivity index (χ3v) is 4.97. The maximum Gasteiger partial charge on any atom is 0.210 e. The molecule has 19 heavy (non-hydrogen) atoms. The van der Waals surface area contributed by atoms with Crippen molar-refractivity contribution in [2.24, 2.45) is 0 Å². The predicted octanol–water partition coefficient (Wildman–Crippen LogP) is 2.55. The van der Waals surface area contributed by atoms with Gasteiger partial charge in [-0.25, -0.2) is 8.42 Å². The predicted molar refractivity (Wildman–Crippen MR) is 71.1 cm³/mol. The number of hydrogen-bond donors (Lipinski definition) is 2. The Morgan fingerprint density at radius 3 is 2.00 bits per heavy atom. The number of para-hydroxylation sites is 1. The van der Waals surface area contributed by atoms with Crippen molar-refractivity contribution in [1.29, 1.82) is 0 Å². The van der Waals surface area contributed by atoms with Crippen LogP contribution in [0.15, 0.2) is 46.2 Å². The minimum absolute atomic E-state index is 0.0197. The highest BCUT2D eigenvalue weighted by Gasteiger charge is 2.25. The van der Waals surface area contributed by atoms with Crippen LogP contribution in [-0.4, -0.2) is 18.6 Å². The summed E-state index contributed by atoms with van der Waals surface area (Å²) in [4.78, 5) is -0.0151. The van der Waals surface area contributed by atoms with Crippen LogP contribution in [-0.2, 0) is 9.84 Å². The lowest BCUT2D eigenvalue weighted by Gasteiger charge is -2.12. The van der Waals surface area contributed by atoms with E-state index in [0.29, 0.717) is 11.1 Å². The van der Waals surface area contributed by atoms with Crippen molar-refractivity contribution in [3.63, 3.8) is 0 Å². The molecule has 5 heteroatoms. The first-order chi connectivity index (χ1) is 8.84. The van der Waals surface area contributed by atoms with Crippen molar-refractivity contribution in [3.8, 4) is 11.5 Å². The Balaban J connectivity index is 2.75. The maximum atomic E-state index is 12.6. The molecule has 0 fully saturated rings. The molecule has 0 spiro atoms. The van der Waals surface area contributed by atoms with E-state index in [9.17, 15) is 18.6 Å². The van der Waals surface area contributed by atoms with Gasteiger partial charge in [-0.05, 0) is 49.2 Å². The normalized spacial score (nSPS) is 11.5. The van der Waals surface area contributed by atoms with Crippen LogP contribution in [0.2, 0.25) is 0 Å². The first-order valence-corrected chi connectivity index (χ1v) is 7.15. The monoisotopic (exact) mass is 278 g/mol. The summed E-state index contributed by atoms with van der Waals surface area (Å²) in [6.07, 6.45) is 0. The Morgan fingerprint density at radius 2 is 1.47 bits per heavy atom. The van der Waals surface area contributed by atoms with Crippen molar-refractivity contribution in [1.82, 2.24) is 0 Å². The molecular weight excluding hydrogens is 264 g/mol. The molecule has 2 aromatic carbocycles. The number of sulfone groups is 1. The fourth-order valence-corrected chi connectivity index (χ4v) is 3.93. The zero-order valence-electron chi connectivity index (χ0n) is 10.6. The summed E-state index contributed by atoms with van der Waals surface area (Å²) < 4.78 is 25.1. The van der Waals surface area contributed by atoms with Crippen LogP contribution in [0, 0.1) is 13.8 Å². The van der Waals surface area contributed by atoms with E-state index >= 15 is 0 Å². The van der Waals surface area contributed by atoms with Crippen LogP contribution < -0.4 is 0 Å². The van der Waals surface area contributed by atoms with E-state index in [1.807, 2.05) is 0 Å². The second-order valence-corrected chi connectivity index (χ2v) is 6.23. The van der Waals surface area contributed by atoms with Crippen LogP contribution in [0.25, 0.3) is 0 Å². The first kappa shape index (κ1) is 13.4. The highest BCUT2D eigenvalue weighted by Crippen LogP contribution is 2.33. The summed E-state index contributed by atoms with van der Waals surface area (Å²) in [5, 5.41) is 19.2. The highest BCUT2D eigenvalue weighted by atomic mass is 32.2. The molecule has 0 aliphatic heterocycles. The summed E-state index contributed by atoms with van der Waals surface area (Å²) in [6, 6.07) is 8.58. The standard InChI is InChI=1S/C14H14O4S/c1-9-7-11(15)8-10(2)14(9)19(17,18)13-6-4-3-5-12(13)16/h3-8,15-16H,1-2H3. The lowest BCUT2D eigenvalue weighted by molar-refractivity contribution is 0.458. The van der Waals surface area contributed by atoms with Gasteiger partial charge in [0.15, 0.2) is 0 Å². The summed E-state index contributed by atoms with van der Waals surface area (Å²) >= 11 is 0. The number of phenolic OH excluding ortho intramolecular Hbond substituents is 2. The fourth-order valence-electron chi connectivity index (χ4n) is 2.15. The molecule has 0 aromatic heterocycles. The van der Waals surface area contributed by atoms with Gasteiger partial charge in [0.05, 0.1) is 4.90 Å². The summed E-state index contributed by atoms with van der Waals surface area (Å²) in [5.41, 5.74) is 0.890. The molecule has 0 amide bonds. The maximum absolute atomic E-state index is 12.6. The minimum atomic E-state index is -3.81. The summed E-state index contributed by atoms with van der Waals surface area (Å²) in [7, 11) is -3.81. The van der Waals surface area contributed by atoms with Crippen molar-refractivity contribution in [2.75, 3.05) is 0 Å². The van der Waals surface area contributed by atoms with Gasteiger partial charge < -0.3 is 10.2 Å². The van der Waals surface area contributed by atoms with Gasteiger partial charge in [-0.15, -0.1) is 0 Å². The largest absolute Gasteiger partial charge is 0.508 e. The molecule has 0 saturated heterocycles. The lowest BCUT2D eigenvalue weighted by Crippen LogP contribution is -2.06. The van der Waals surface area contributed by atoms with E-state index in [1.165, 1.54) is 24.3 Å². The average Bonchev–Trinajstić information content (AvgIpc) is 2.27. The van der Waals surface area contributed by atoms with Crippen LogP contribution >= 0.6 is 0 Å². The molecule has 0 aliphatic rings. The number of phenols is 2. The number of benzene rings is 2. The first-order valence-electron chi connectivity index (χ1n) is 5.67. The molecule has 2 N–H and O–H groups in total. The van der Waals surface area contributed by atoms with E-state index in [-0.39, 0.29) is 21.3 Å². The lowest BCUT2D eigenvalue weighted by atomic mass is 10.1. The van der Waals surface area contributed by atoms with Crippen LogP contribution in [0.5, 0.6) is 11.5 Å². The van der Waals surface area contributed by atoms with Gasteiger partial charge in [0.25, 0.3) is 0 Å². The molecule has 2 aromatic rings. The molecule has 0 radical (unpaired) electrons. The van der Waals surface area contributed by atoms with E-state index in [2.05, 4.69) is 0 Å². The zero-order valence-corrected chi connectivity index (χ0v) is 11.4. The molecule has 4 nitrogen and oxygen atoms in total. The van der Waals surface area contributed by atoms with Gasteiger partial charge in [-0.1, -0.05) is 12.1 Å². The number of aromatic hydroxyl groups is 2. The van der Waals surface area contributed by atoms with Crippen molar-refractivity contribution >= 4 is 9.84 Å². The summed E-state index contributed by atoms with van der Waals surface area (Å²) in [5.74, 6) is -0.263. The molecule has 0 unspecified atom stereocenters. The molecule has 2 rings (SSSR count). The Bertz CT molecular complexity index is 710. The Labute approximate surface area is 111 Å². The third kappa shape index (κ3) is 2.29. The second kappa shape index (κ2) is 4.59. The van der Waals surface area contributed by atoms with Crippen molar-refractivity contribution < 1.29 is 18.6 Å². The molecule has 0 aliphatic carbocycles.